The van der Waals surface area contributed by atoms with E-state index in [1.807, 2.05) is 19.0 Å². The highest BCUT2D eigenvalue weighted by Gasteiger charge is 2.33. The number of likely N-dealkylation sites (N-methyl/N-ethyl adjacent to an activating group) is 1. The van der Waals surface area contributed by atoms with Crippen LogP contribution in [-0.4, -0.2) is 66.7 Å². The molecule has 1 saturated heterocycles. The third-order valence-corrected chi connectivity index (χ3v) is 2.46. The average Bonchev–Trinajstić information content (AvgIpc) is 2.44. The van der Waals surface area contributed by atoms with E-state index in [0.717, 1.165) is 6.54 Å². The first kappa shape index (κ1) is 11.4. The Bertz CT molecular complexity index is 208. The van der Waals surface area contributed by atoms with Crippen LogP contribution in [0.5, 0.6) is 0 Å². The second-order valence-corrected chi connectivity index (χ2v) is 4.06. The van der Waals surface area contributed by atoms with Crippen LogP contribution in [0.1, 0.15) is 6.42 Å². The zero-order valence-electron chi connectivity index (χ0n) is 8.81. The van der Waals surface area contributed by atoms with Crippen LogP contribution in [0.3, 0.4) is 0 Å². The summed E-state index contributed by atoms with van der Waals surface area (Å²) in [6.07, 6.45) is 0.264. The van der Waals surface area contributed by atoms with Gasteiger partial charge in [0.15, 0.2) is 0 Å². The highest BCUT2D eigenvalue weighted by molar-refractivity contribution is 5.78. The molecule has 0 aromatic rings. The number of amides is 1. The van der Waals surface area contributed by atoms with Gasteiger partial charge in [0.25, 0.3) is 0 Å². The summed E-state index contributed by atoms with van der Waals surface area (Å²) >= 11 is 0. The number of aliphatic hydroxyl groups is 1. The molecule has 1 rings (SSSR count). The van der Waals surface area contributed by atoms with E-state index in [1.165, 1.54) is 0 Å². The van der Waals surface area contributed by atoms with Gasteiger partial charge >= 0.3 is 0 Å². The highest BCUT2D eigenvalue weighted by atomic mass is 16.3. The van der Waals surface area contributed by atoms with Crippen LogP contribution in [0.4, 0.5) is 0 Å². The summed E-state index contributed by atoms with van der Waals surface area (Å²) in [6, 6.07) is 0.107. The molecule has 82 valence electrons. The second-order valence-electron chi connectivity index (χ2n) is 4.06. The lowest BCUT2D eigenvalue weighted by Gasteiger charge is -2.26. The van der Waals surface area contributed by atoms with E-state index < -0.39 is 6.10 Å². The molecule has 0 bridgehead atoms. The number of hydrogen-bond acceptors (Lipinski definition) is 4. The standard InChI is InChI=1S/C9H19N3O2/c1-11(2)5-7-3-8(13)6-12(7)9(14)4-10/h7-8,13H,3-6,10H2,1-2H3. The number of aliphatic hydroxyl groups excluding tert-OH is 1. The Morgan fingerprint density at radius 3 is 2.79 bits per heavy atom. The molecule has 0 aromatic heterocycles. The Morgan fingerprint density at radius 2 is 2.29 bits per heavy atom. The predicted molar refractivity (Wildman–Crippen MR) is 53.7 cm³/mol. The summed E-state index contributed by atoms with van der Waals surface area (Å²) in [4.78, 5) is 15.1. The molecule has 1 aliphatic heterocycles. The van der Waals surface area contributed by atoms with Crippen molar-refractivity contribution in [2.75, 3.05) is 33.7 Å². The van der Waals surface area contributed by atoms with Gasteiger partial charge in [-0.2, -0.15) is 0 Å². The Kier molecular flexibility index (Phi) is 3.86. The monoisotopic (exact) mass is 201 g/mol. The molecule has 1 fully saturated rings. The topological polar surface area (TPSA) is 69.8 Å². The van der Waals surface area contributed by atoms with Crippen LogP contribution in [0.2, 0.25) is 0 Å². The van der Waals surface area contributed by atoms with Crippen LogP contribution >= 0.6 is 0 Å². The van der Waals surface area contributed by atoms with Gasteiger partial charge in [0.2, 0.25) is 5.91 Å². The fourth-order valence-corrected chi connectivity index (χ4v) is 1.91. The summed E-state index contributed by atoms with van der Waals surface area (Å²) in [7, 11) is 3.91. The zero-order chi connectivity index (χ0) is 10.7. The first-order chi connectivity index (χ1) is 6.54. The van der Waals surface area contributed by atoms with Crippen molar-refractivity contribution in [3.05, 3.63) is 0 Å². The minimum atomic E-state index is -0.393. The molecule has 2 atom stereocenters. The van der Waals surface area contributed by atoms with Crippen molar-refractivity contribution in [1.82, 2.24) is 9.80 Å². The lowest BCUT2D eigenvalue weighted by atomic mass is 10.2. The Morgan fingerprint density at radius 1 is 1.64 bits per heavy atom. The van der Waals surface area contributed by atoms with Gasteiger partial charge < -0.3 is 20.6 Å². The minimum Gasteiger partial charge on any atom is -0.391 e. The van der Waals surface area contributed by atoms with Gasteiger partial charge in [-0.15, -0.1) is 0 Å². The highest BCUT2D eigenvalue weighted by Crippen LogP contribution is 2.18. The fourth-order valence-electron chi connectivity index (χ4n) is 1.91. The number of hydrogen-bond donors (Lipinski definition) is 2. The first-order valence-corrected chi connectivity index (χ1v) is 4.87. The molecule has 0 spiro atoms. The third kappa shape index (κ3) is 2.67. The molecule has 3 N–H and O–H groups in total. The summed E-state index contributed by atoms with van der Waals surface area (Å²) in [5.74, 6) is -0.0756. The smallest absolute Gasteiger partial charge is 0.236 e. The minimum absolute atomic E-state index is 0.0245. The summed E-state index contributed by atoms with van der Waals surface area (Å²) in [5, 5.41) is 9.47. The van der Waals surface area contributed by atoms with Gasteiger partial charge in [-0.25, -0.2) is 0 Å². The molecule has 0 saturated carbocycles. The fraction of sp³-hybridized carbons (Fsp3) is 0.889. The number of carbonyl (C=O) groups is 1. The van der Waals surface area contributed by atoms with Crippen molar-refractivity contribution < 1.29 is 9.90 Å². The van der Waals surface area contributed by atoms with Gasteiger partial charge in [0, 0.05) is 19.1 Å². The molecule has 0 radical (unpaired) electrons. The van der Waals surface area contributed by atoms with Gasteiger partial charge in [-0.1, -0.05) is 0 Å². The van der Waals surface area contributed by atoms with Crippen LogP contribution in [0.15, 0.2) is 0 Å². The van der Waals surface area contributed by atoms with Gasteiger partial charge in [-0.05, 0) is 20.5 Å². The molecule has 0 aliphatic carbocycles. The van der Waals surface area contributed by atoms with Crippen LogP contribution in [0, 0.1) is 0 Å². The second kappa shape index (κ2) is 4.72. The summed E-state index contributed by atoms with van der Waals surface area (Å²) in [5.41, 5.74) is 5.30. The SMILES string of the molecule is CN(C)CC1CC(O)CN1C(=O)CN. The van der Waals surface area contributed by atoms with Crippen molar-refractivity contribution in [2.24, 2.45) is 5.73 Å². The zero-order valence-corrected chi connectivity index (χ0v) is 8.81. The quantitative estimate of drug-likeness (QED) is 0.581. The lowest BCUT2D eigenvalue weighted by Crippen LogP contribution is -2.44. The normalized spacial score (nSPS) is 27.4. The van der Waals surface area contributed by atoms with Crippen molar-refractivity contribution in [3.8, 4) is 0 Å². The number of nitrogens with zero attached hydrogens (tertiary/aromatic N) is 2. The molecule has 1 heterocycles. The Labute approximate surface area is 84.5 Å². The Hall–Kier alpha value is -0.650. The van der Waals surface area contributed by atoms with E-state index in [9.17, 15) is 9.90 Å². The first-order valence-electron chi connectivity index (χ1n) is 4.87. The molecule has 2 unspecified atom stereocenters. The van der Waals surface area contributed by atoms with Gasteiger partial charge in [-0.3, -0.25) is 4.79 Å². The third-order valence-electron chi connectivity index (χ3n) is 2.46. The van der Waals surface area contributed by atoms with Crippen molar-refractivity contribution in [3.63, 3.8) is 0 Å². The number of nitrogens with two attached hydrogens (primary N) is 1. The molecule has 5 heteroatoms. The number of β-amino-alcohol motifs (C(OH)–C–C–N with tert-alkyl or cyclic N) is 1. The molecule has 0 aromatic carbocycles. The summed E-state index contributed by atoms with van der Waals surface area (Å²) < 4.78 is 0. The van der Waals surface area contributed by atoms with Gasteiger partial charge in [0.05, 0.1) is 12.6 Å². The molecular weight excluding hydrogens is 182 g/mol. The number of carbonyl (C=O) groups excluding carboxylic acids is 1. The molecule has 14 heavy (non-hydrogen) atoms. The largest absolute Gasteiger partial charge is 0.391 e. The van der Waals surface area contributed by atoms with E-state index in [1.54, 1.807) is 4.90 Å². The summed E-state index contributed by atoms with van der Waals surface area (Å²) in [6.45, 7) is 1.23. The maximum absolute atomic E-state index is 11.4. The molecule has 5 nitrogen and oxygen atoms in total. The molecule has 1 aliphatic rings. The maximum atomic E-state index is 11.4. The van der Waals surface area contributed by atoms with Crippen molar-refractivity contribution >= 4 is 5.91 Å². The van der Waals surface area contributed by atoms with Crippen molar-refractivity contribution in [1.29, 1.82) is 0 Å². The van der Waals surface area contributed by atoms with E-state index >= 15 is 0 Å². The van der Waals surface area contributed by atoms with Gasteiger partial charge in [0.1, 0.15) is 0 Å². The molecular formula is C9H19N3O2. The predicted octanol–water partition coefficient (Wildman–Crippen LogP) is -1.53. The Balaban J connectivity index is 2.58. The van der Waals surface area contributed by atoms with E-state index in [2.05, 4.69) is 0 Å². The number of rotatable bonds is 3. The van der Waals surface area contributed by atoms with Crippen molar-refractivity contribution in [2.45, 2.75) is 18.6 Å². The number of likely N-dealkylation sites (tertiary alicyclic amines) is 1. The average molecular weight is 201 g/mol. The lowest BCUT2D eigenvalue weighted by molar-refractivity contribution is -0.131. The van der Waals surface area contributed by atoms with Crippen LogP contribution in [-0.2, 0) is 4.79 Å². The molecule has 1 amide bonds. The van der Waals surface area contributed by atoms with Crippen LogP contribution < -0.4 is 5.73 Å². The van der Waals surface area contributed by atoms with Crippen LogP contribution in [0.25, 0.3) is 0 Å². The maximum Gasteiger partial charge on any atom is 0.236 e. The van der Waals surface area contributed by atoms with E-state index in [-0.39, 0.29) is 18.5 Å². The van der Waals surface area contributed by atoms with E-state index in [4.69, 9.17) is 5.73 Å². The van der Waals surface area contributed by atoms with E-state index in [0.29, 0.717) is 13.0 Å².